The largest absolute Gasteiger partial charge is 0.481 e. The number of hydrogen-bond donors (Lipinski definition) is 2. The number of benzene rings is 1. The first kappa shape index (κ1) is 17.0. The van der Waals surface area contributed by atoms with Gasteiger partial charge in [0.1, 0.15) is 5.82 Å². The number of carboxylic acids is 1. The van der Waals surface area contributed by atoms with Crippen LogP contribution in [0.5, 0.6) is 0 Å². The number of rotatable bonds is 8. The topological polar surface area (TPSA) is 66.4 Å². The maximum atomic E-state index is 13.5. The zero-order valence-corrected chi connectivity index (χ0v) is 13.1. The Morgan fingerprint density at radius 3 is 2.75 bits per heavy atom. The van der Waals surface area contributed by atoms with Gasteiger partial charge in [-0.2, -0.15) is 0 Å². The van der Waals surface area contributed by atoms with E-state index in [1.54, 1.807) is 12.1 Å². The fourth-order valence-corrected chi connectivity index (χ4v) is 2.41. The van der Waals surface area contributed by atoms with E-state index in [1.807, 2.05) is 0 Å². The van der Waals surface area contributed by atoms with Crippen LogP contribution in [0.15, 0.2) is 22.7 Å². The van der Waals surface area contributed by atoms with Gasteiger partial charge in [-0.3, -0.25) is 9.59 Å². The number of nitrogens with one attached hydrogen (secondary N) is 1. The first-order chi connectivity index (χ1) is 9.49. The molecule has 20 heavy (non-hydrogen) atoms. The first-order valence-corrected chi connectivity index (χ1v) is 7.94. The normalized spacial score (nSPS) is 10.3. The van der Waals surface area contributed by atoms with Crippen molar-refractivity contribution in [3.8, 4) is 0 Å². The third kappa shape index (κ3) is 6.91. The molecule has 0 bridgehead atoms. The minimum Gasteiger partial charge on any atom is -0.481 e. The van der Waals surface area contributed by atoms with Crippen molar-refractivity contribution in [1.82, 2.24) is 5.32 Å². The van der Waals surface area contributed by atoms with Crippen LogP contribution in [-0.4, -0.2) is 35.0 Å². The predicted octanol–water partition coefficient (Wildman–Crippen LogP) is 2.45. The van der Waals surface area contributed by atoms with E-state index in [-0.39, 0.29) is 23.2 Å². The fraction of sp³-hybridized carbons (Fsp3) is 0.385. The molecule has 0 saturated heterocycles. The average Bonchev–Trinajstić information content (AvgIpc) is 2.36. The number of aryl methyl sites for hydroxylation is 1. The van der Waals surface area contributed by atoms with Gasteiger partial charge < -0.3 is 10.4 Å². The predicted molar refractivity (Wildman–Crippen MR) is 80.4 cm³/mol. The van der Waals surface area contributed by atoms with Crippen LogP contribution in [0, 0.1) is 5.82 Å². The van der Waals surface area contributed by atoms with Gasteiger partial charge in [0.2, 0.25) is 5.91 Å². The lowest BCUT2D eigenvalue weighted by Gasteiger charge is -2.06. The summed E-state index contributed by atoms with van der Waals surface area (Å²) in [5, 5.41) is 11.1. The van der Waals surface area contributed by atoms with Crippen molar-refractivity contribution < 1.29 is 19.1 Å². The molecular weight excluding hydrogens is 349 g/mol. The second-order valence-corrected chi connectivity index (χ2v) is 5.98. The number of amides is 1. The summed E-state index contributed by atoms with van der Waals surface area (Å²) < 4.78 is 14.2. The second-order valence-electron chi connectivity index (χ2n) is 4.08. The molecule has 7 heteroatoms. The Morgan fingerprint density at radius 2 is 2.10 bits per heavy atom. The van der Waals surface area contributed by atoms with E-state index in [9.17, 15) is 14.0 Å². The molecule has 1 aromatic rings. The van der Waals surface area contributed by atoms with Crippen molar-refractivity contribution in [3.05, 3.63) is 34.1 Å². The van der Waals surface area contributed by atoms with E-state index in [0.717, 1.165) is 11.8 Å². The van der Waals surface area contributed by atoms with Gasteiger partial charge in [-0.15, -0.1) is 11.8 Å². The molecule has 0 fully saturated rings. The molecule has 1 rings (SSSR count). The van der Waals surface area contributed by atoms with Crippen molar-refractivity contribution in [2.45, 2.75) is 12.8 Å². The summed E-state index contributed by atoms with van der Waals surface area (Å²) in [7, 11) is 0. The summed E-state index contributed by atoms with van der Waals surface area (Å²) in [6, 6.07) is 4.90. The molecule has 1 aromatic carbocycles. The summed E-state index contributed by atoms with van der Waals surface area (Å²) in [4.78, 5) is 21.6. The van der Waals surface area contributed by atoms with E-state index >= 15 is 0 Å². The van der Waals surface area contributed by atoms with Crippen LogP contribution in [-0.2, 0) is 16.0 Å². The van der Waals surface area contributed by atoms with Crippen LogP contribution >= 0.6 is 27.7 Å². The summed E-state index contributed by atoms with van der Waals surface area (Å²) in [5.41, 5.74) is 0.614. The van der Waals surface area contributed by atoms with E-state index in [1.165, 1.54) is 6.07 Å². The number of thioether (sulfide) groups is 1. The van der Waals surface area contributed by atoms with Crippen molar-refractivity contribution in [1.29, 1.82) is 0 Å². The number of carbonyl (C=O) groups is 2. The highest BCUT2D eigenvalue weighted by Gasteiger charge is 2.05. The molecule has 0 spiro atoms. The Hall–Kier alpha value is -1.08. The lowest BCUT2D eigenvalue weighted by molar-refractivity contribution is -0.133. The minimum absolute atomic E-state index is 0.0858. The monoisotopic (exact) mass is 363 g/mol. The molecule has 0 radical (unpaired) electrons. The Morgan fingerprint density at radius 1 is 1.35 bits per heavy atom. The Balaban J connectivity index is 2.18. The lowest BCUT2D eigenvalue weighted by atomic mass is 10.1. The molecule has 0 heterocycles. The maximum absolute atomic E-state index is 13.5. The SMILES string of the molecule is O=C(O)CSCC(=O)NCCCc1ccc(Br)cc1F. The third-order valence-corrected chi connectivity index (χ3v) is 3.83. The smallest absolute Gasteiger partial charge is 0.313 e. The molecular formula is C13H15BrFNO3S. The minimum atomic E-state index is -0.937. The van der Waals surface area contributed by atoms with Crippen LogP contribution in [0.25, 0.3) is 0 Å². The van der Waals surface area contributed by atoms with Crippen LogP contribution in [0.1, 0.15) is 12.0 Å². The molecule has 0 aliphatic rings. The average molecular weight is 364 g/mol. The summed E-state index contributed by atoms with van der Waals surface area (Å²) >= 11 is 4.24. The van der Waals surface area contributed by atoms with E-state index in [0.29, 0.717) is 29.4 Å². The van der Waals surface area contributed by atoms with Crippen LogP contribution in [0.3, 0.4) is 0 Å². The fourth-order valence-electron chi connectivity index (χ4n) is 1.51. The molecule has 2 N–H and O–H groups in total. The number of carbonyl (C=O) groups excluding carboxylic acids is 1. The zero-order chi connectivity index (χ0) is 15.0. The highest BCUT2D eigenvalue weighted by Crippen LogP contribution is 2.16. The van der Waals surface area contributed by atoms with Crippen LogP contribution < -0.4 is 5.32 Å². The van der Waals surface area contributed by atoms with Crippen molar-refractivity contribution >= 4 is 39.6 Å². The highest BCUT2D eigenvalue weighted by atomic mass is 79.9. The number of aliphatic carboxylic acids is 1. The molecule has 110 valence electrons. The molecule has 0 unspecified atom stereocenters. The second kappa shape index (κ2) is 8.97. The molecule has 0 aromatic heterocycles. The lowest BCUT2D eigenvalue weighted by Crippen LogP contribution is -2.26. The molecule has 0 saturated carbocycles. The quantitative estimate of drug-likeness (QED) is 0.696. The number of carboxylic acid groups (broad SMARTS) is 1. The summed E-state index contributed by atoms with van der Waals surface area (Å²) in [5.74, 6) is -1.36. The van der Waals surface area contributed by atoms with E-state index in [4.69, 9.17) is 5.11 Å². The third-order valence-electron chi connectivity index (χ3n) is 2.42. The zero-order valence-electron chi connectivity index (χ0n) is 10.7. The van der Waals surface area contributed by atoms with Crippen LogP contribution in [0.2, 0.25) is 0 Å². The first-order valence-electron chi connectivity index (χ1n) is 5.99. The maximum Gasteiger partial charge on any atom is 0.313 e. The van der Waals surface area contributed by atoms with Gasteiger partial charge in [-0.05, 0) is 30.5 Å². The molecule has 4 nitrogen and oxygen atoms in total. The molecule has 0 aliphatic heterocycles. The van der Waals surface area contributed by atoms with Gasteiger partial charge in [-0.1, -0.05) is 22.0 Å². The van der Waals surface area contributed by atoms with E-state index < -0.39 is 5.97 Å². The Kier molecular flexibility index (Phi) is 7.61. The summed E-state index contributed by atoms with van der Waals surface area (Å²) in [6.07, 6.45) is 1.18. The number of hydrogen-bond acceptors (Lipinski definition) is 3. The van der Waals surface area contributed by atoms with Gasteiger partial charge in [0.05, 0.1) is 11.5 Å². The van der Waals surface area contributed by atoms with Gasteiger partial charge >= 0.3 is 5.97 Å². The Bertz CT molecular complexity index is 485. The molecule has 0 aliphatic carbocycles. The highest BCUT2D eigenvalue weighted by molar-refractivity contribution is 9.10. The van der Waals surface area contributed by atoms with Crippen LogP contribution in [0.4, 0.5) is 4.39 Å². The van der Waals surface area contributed by atoms with Crippen molar-refractivity contribution in [3.63, 3.8) is 0 Å². The van der Waals surface area contributed by atoms with Gasteiger partial charge in [0.15, 0.2) is 0 Å². The number of halogens is 2. The molecule has 1 amide bonds. The van der Waals surface area contributed by atoms with Crippen molar-refractivity contribution in [2.75, 3.05) is 18.1 Å². The Labute approximate surface area is 129 Å². The van der Waals surface area contributed by atoms with Gasteiger partial charge in [0.25, 0.3) is 0 Å². The van der Waals surface area contributed by atoms with Gasteiger partial charge in [0, 0.05) is 11.0 Å². The summed E-state index contributed by atoms with van der Waals surface area (Å²) in [6.45, 7) is 0.446. The van der Waals surface area contributed by atoms with Crippen molar-refractivity contribution in [2.24, 2.45) is 0 Å². The standard InChI is InChI=1S/C13H15BrFNO3S/c14-10-4-3-9(11(15)6-10)2-1-5-16-12(17)7-20-8-13(18)19/h3-4,6H,1-2,5,7-8H2,(H,16,17)(H,18,19). The van der Waals surface area contributed by atoms with Gasteiger partial charge in [-0.25, -0.2) is 4.39 Å². The van der Waals surface area contributed by atoms with E-state index in [2.05, 4.69) is 21.2 Å². The molecule has 0 atom stereocenters.